The number of halogens is 1. The highest BCUT2D eigenvalue weighted by Crippen LogP contribution is 2.14. The Morgan fingerprint density at radius 2 is 1.77 bits per heavy atom. The van der Waals surface area contributed by atoms with Crippen LogP contribution in [0.2, 0.25) is 0 Å². The number of amides is 1. The molecule has 0 unspecified atom stereocenters. The average Bonchev–Trinajstić information content (AvgIpc) is 2.60. The number of nitriles is 1. The molecule has 2 aromatic rings. The predicted octanol–water partition coefficient (Wildman–Crippen LogP) is 2.21. The number of nitrogens with one attached hydrogen (secondary N) is 2. The molecule has 0 aromatic heterocycles. The van der Waals surface area contributed by atoms with Crippen molar-refractivity contribution in [2.45, 2.75) is 11.4 Å². The standard InChI is InChI=1S/C17H14FN3O4S/c18-14-3-1-12(2-4-14)10-20-11-13(9-19)17(22)21-15-5-7-16(8-6-15)26(23,24)25/h1-8,11,20H,10H2,(H,21,22)(H,23,24,25)/b13-11-. The molecule has 9 heteroatoms. The van der Waals surface area contributed by atoms with Crippen molar-refractivity contribution in [2.24, 2.45) is 0 Å². The fraction of sp³-hybridized carbons (Fsp3) is 0.0588. The molecule has 2 aromatic carbocycles. The number of hydrogen-bond acceptors (Lipinski definition) is 5. The molecule has 0 aliphatic carbocycles. The highest BCUT2D eigenvalue weighted by atomic mass is 32.2. The minimum atomic E-state index is -4.32. The summed E-state index contributed by atoms with van der Waals surface area (Å²) in [7, 11) is -4.32. The van der Waals surface area contributed by atoms with Crippen molar-refractivity contribution in [1.29, 1.82) is 5.26 Å². The molecule has 1 amide bonds. The van der Waals surface area contributed by atoms with Crippen LogP contribution >= 0.6 is 0 Å². The van der Waals surface area contributed by atoms with Gasteiger partial charge in [-0.1, -0.05) is 12.1 Å². The largest absolute Gasteiger partial charge is 0.386 e. The third-order valence-electron chi connectivity index (χ3n) is 3.24. The maximum atomic E-state index is 12.8. The van der Waals surface area contributed by atoms with Crippen molar-refractivity contribution in [3.63, 3.8) is 0 Å². The number of hydrogen-bond donors (Lipinski definition) is 3. The van der Waals surface area contributed by atoms with Crippen LogP contribution in [-0.4, -0.2) is 18.9 Å². The average molecular weight is 375 g/mol. The smallest absolute Gasteiger partial charge is 0.294 e. The first-order chi connectivity index (χ1) is 12.3. The highest BCUT2D eigenvalue weighted by Gasteiger charge is 2.11. The zero-order valence-electron chi connectivity index (χ0n) is 13.3. The van der Waals surface area contributed by atoms with Crippen LogP contribution in [0.25, 0.3) is 0 Å². The molecule has 0 saturated heterocycles. The lowest BCUT2D eigenvalue weighted by atomic mass is 10.2. The Bertz CT molecular complexity index is 963. The van der Waals surface area contributed by atoms with Crippen LogP contribution in [0.4, 0.5) is 10.1 Å². The van der Waals surface area contributed by atoms with Crippen LogP contribution in [0.3, 0.4) is 0 Å². The Morgan fingerprint density at radius 1 is 1.15 bits per heavy atom. The molecule has 0 fully saturated rings. The van der Waals surface area contributed by atoms with Gasteiger partial charge in [-0.2, -0.15) is 13.7 Å². The first kappa shape index (κ1) is 19.1. The van der Waals surface area contributed by atoms with Gasteiger partial charge in [0.2, 0.25) is 0 Å². The van der Waals surface area contributed by atoms with E-state index in [1.165, 1.54) is 30.5 Å². The lowest BCUT2D eigenvalue weighted by Crippen LogP contribution is -2.16. The van der Waals surface area contributed by atoms with Gasteiger partial charge in [-0.05, 0) is 42.0 Å². The number of nitrogens with zero attached hydrogens (tertiary/aromatic N) is 1. The zero-order chi connectivity index (χ0) is 19.2. The Morgan fingerprint density at radius 3 is 2.31 bits per heavy atom. The van der Waals surface area contributed by atoms with E-state index in [0.717, 1.165) is 17.7 Å². The van der Waals surface area contributed by atoms with Gasteiger partial charge in [-0.3, -0.25) is 9.35 Å². The summed E-state index contributed by atoms with van der Waals surface area (Å²) in [5, 5.41) is 14.3. The summed E-state index contributed by atoms with van der Waals surface area (Å²) in [5.74, 6) is -1.06. The van der Waals surface area contributed by atoms with Gasteiger partial charge in [-0.25, -0.2) is 4.39 Å². The van der Waals surface area contributed by atoms with Gasteiger partial charge >= 0.3 is 0 Å². The first-order valence-corrected chi connectivity index (χ1v) is 8.70. The monoisotopic (exact) mass is 375 g/mol. The number of anilines is 1. The fourth-order valence-corrected chi connectivity index (χ4v) is 2.41. The number of carbonyl (C=O) groups is 1. The van der Waals surface area contributed by atoms with Gasteiger partial charge in [-0.15, -0.1) is 0 Å². The van der Waals surface area contributed by atoms with Gasteiger partial charge < -0.3 is 10.6 Å². The molecule has 26 heavy (non-hydrogen) atoms. The molecule has 0 spiro atoms. The summed E-state index contributed by atoms with van der Waals surface area (Å²) in [6, 6.07) is 12.3. The second kappa shape index (κ2) is 8.24. The highest BCUT2D eigenvalue weighted by molar-refractivity contribution is 7.85. The van der Waals surface area contributed by atoms with E-state index in [2.05, 4.69) is 10.6 Å². The molecule has 0 heterocycles. The van der Waals surface area contributed by atoms with Crippen molar-refractivity contribution in [3.8, 4) is 6.07 Å². The molecule has 0 bridgehead atoms. The molecule has 7 nitrogen and oxygen atoms in total. The Labute approximate surface area is 149 Å². The third kappa shape index (κ3) is 5.41. The SMILES string of the molecule is N#C/C(=C/NCc1ccc(F)cc1)C(=O)Nc1ccc(S(=O)(=O)O)cc1. The molecule has 134 valence electrons. The van der Waals surface area contributed by atoms with E-state index >= 15 is 0 Å². The van der Waals surface area contributed by atoms with E-state index in [1.54, 1.807) is 18.2 Å². The van der Waals surface area contributed by atoms with E-state index in [1.807, 2.05) is 0 Å². The second-order valence-corrected chi connectivity index (χ2v) is 6.55. The van der Waals surface area contributed by atoms with Crippen molar-refractivity contribution < 1.29 is 22.2 Å². The minimum absolute atomic E-state index is 0.203. The molecule has 0 saturated carbocycles. The maximum Gasteiger partial charge on any atom is 0.294 e. The van der Waals surface area contributed by atoms with Crippen LogP contribution in [-0.2, 0) is 21.5 Å². The van der Waals surface area contributed by atoms with Crippen molar-refractivity contribution in [3.05, 3.63) is 71.7 Å². The number of benzene rings is 2. The predicted molar refractivity (Wildman–Crippen MR) is 91.8 cm³/mol. The molecule has 0 aliphatic heterocycles. The van der Waals surface area contributed by atoms with Crippen LogP contribution in [0.5, 0.6) is 0 Å². The van der Waals surface area contributed by atoms with Gasteiger partial charge in [0.05, 0.1) is 4.90 Å². The lowest BCUT2D eigenvalue weighted by molar-refractivity contribution is -0.112. The van der Waals surface area contributed by atoms with Crippen LogP contribution in [0, 0.1) is 17.1 Å². The molecular formula is C17H14FN3O4S. The number of rotatable bonds is 6. The van der Waals surface area contributed by atoms with Gasteiger partial charge in [0.15, 0.2) is 0 Å². The summed E-state index contributed by atoms with van der Waals surface area (Å²) < 4.78 is 43.6. The van der Waals surface area contributed by atoms with Crippen LogP contribution in [0.15, 0.2) is 65.2 Å². The lowest BCUT2D eigenvalue weighted by Gasteiger charge is -2.06. The van der Waals surface area contributed by atoms with E-state index in [-0.39, 0.29) is 22.0 Å². The van der Waals surface area contributed by atoms with E-state index in [4.69, 9.17) is 9.81 Å². The quantitative estimate of drug-likeness (QED) is 0.405. The van der Waals surface area contributed by atoms with E-state index in [0.29, 0.717) is 6.54 Å². The normalized spacial score (nSPS) is 11.5. The summed E-state index contributed by atoms with van der Waals surface area (Å²) in [6.07, 6.45) is 1.23. The number of carbonyl (C=O) groups excluding carboxylic acids is 1. The molecule has 3 N–H and O–H groups in total. The van der Waals surface area contributed by atoms with Crippen molar-refractivity contribution >= 4 is 21.7 Å². The van der Waals surface area contributed by atoms with Gasteiger partial charge in [0.1, 0.15) is 17.5 Å². The fourth-order valence-electron chi connectivity index (χ4n) is 1.93. The Kier molecular flexibility index (Phi) is 6.06. The Balaban J connectivity index is 1.99. The van der Waals surface area contributed by atoms with Crippen molar-refractivity contribution in [2.75, 3.05) is 5.32 Å². The molecule has 0 aliphatic rings. The minimum Gasteiger partial charge on any atom is -0.386 e. The molecular weight excluding hydrogens is 361 g/mol. The van der Waals surface area contributed by atoms with Gasteiger partial charge in [0, 0.05) is 18.4 Å². The summed E-state index contributed by atoms with van der Waals surface area (Å²) >= 11 is 0. The third-order valence-corrected chi connectivity index (χ3v) is 4.11. The maximum absolute atomic E-state index is 12.8. The Hall–Kier alpha value is -3.22. The second-order valence-electron chi connectivity index (χ2n) is 5.13. The van der Waals surface area contributed by atoms with Gasteiger partial charge in [0.25, 0.3) is 16.0 Å². The molecule has 2 rings (SSSR count). The summed E-state index contributed by atoms with van der Waals surface area (Å²) in [4.78, 5) is 11.7. The van der Waals surface area contributed by atoms with E-state index < -0.39 is 16.0 Å². The molecule has 0 radical (unpaired) electrons. The first-order valence-electron chi connectivity index (χ1n) is 7.26. The zero-order valence-corrected chi connectivity index (χ0v) is 14.1. The molecule has 0 atom stereocenters. The van der Waals surface area contributed by atoms with Crippen molar-refractivity contribution in [1.82, 2.24) is 5.32 Å². The summed E-state index contributed by atoms with van der Waals surface area (Å²) in [5.41, 5.74) is 0.814. The topological polar surface area (TPSA) is 119 Å². The summed E-state index contributed by atoms with van der Waals surface area (Å²) in [6.45, 7) is 0.293. The van der Waals surface area contributed by atoms with E-state index in [9.17, 15) is 17.6 Å². The van der Waals surface area contributed by atoms with Crippen LogP contribution in [0.1, 0.15) is 5.56 Å². The van der Waals surface area contributed by atoms with Crippen LogP contribution < -0.4 is 10.6 Å².